The van der Waals surface area contributed by atoms with Crippen molar-refractivity contribution >= 4 is 17.5 Å². The molecule has 0 aliphatic carbocycles. The number of amides is 1. The molecule has 23 heavy (non-hydrogen) atoms. The Balaban J connectivity index is 1.38. The second-order valence-electron chi connectivity index (χ2n) is 5.91. The number of ether oxygens (including phenoxy) is 3. The van der Waals surface area contributed by atoms with E-state index in [0.29, 0.717) is 30.8 Å². The molecule has 2 heterocycles. The van der Waals surface area contributed by atoms with Gasteiger partial charge in [-0.05, 0) is 24.5 Å². The Labute approximate surface area is 141 Å². The van der Waals surface area contributed by atoms with E-state index >= 15 is 0 Å². The van der Waals surface area contributed by atoms with Crippen molar-refractivity contribution in [3.63, 3.8) is 0 Å². The standard InChI is InChI=1S/C17H22ClNO4/c18-15-4-2-1-3-14(15)11-21-12-16(20)19-7-5-13(6-8-19)17-22-9-10-23-17/h1-4,13,17H,5-12H2. The zero-order valence-corrected chi connectivity index (χ0v) is 13.8. The van der Waals surface area contributed by atoms with E-state index in [0.717, 1.165) is 31.5 Å². The molecule has 2 fully saturated rings. The Morgan fingerprint density at radius 1 is 1.22 bits per heavy atom. The molecule has 3 rings (SSSR count). The second-order valence-corrected chi connectivity index (χ2v) is 6.32. The van der Waals surface area contributed by atoms with Gasteiger partial charge in [-0.15, -0.1) is 0 Å². The van der Waals surface area contributed by atoms with Crippen molar-refractivity contribution in [2.24, 2.45) is 5.92 Å². The molecule has 1 amide bonds. The minimum Gasteiger partial charge on any atom is -0.367 e. The van der Waals surface area contributed by atoms with Gasteiger partial charge in [-0.3, -0.25) is 4.79 Å². The maximum absolute atomic E-state index is 12.2. The number of likely N-dealkylation sites (tertiary alicyclic amines) is 1. The summed E-state index contributed by atoms with van der Waals surface area (Å²) in [6, 6.07) is 7.50. The zero-order chi connectivity index (χ0) is 16.1. The van der Waals surface area contributed by atoms with Gasteiger partial charge in [-0.2, -0.15) is 0 Å². The molecule has 6 heteroatoms. The molecule has 2 aliphatic rings. The predicted molar refractivity (Wildman–Crippen MR) is 86.1 cm³/mol. The summed E-state index contributed by atoms with van der Waals surface area (Å²) in [4.78, 5) is 14.1. The molecule has 0 saturated carbocycles. The zero-order valence-electron chi connectivity index (χ0n) is 13.1. The number of hydrogen-bond donors (Lipinski definition) is 0. The summed E-state index contributed by atoms with van der Waals surface area (Å²) in [7, 11) is 0. The molecule has 5 nitrogen and oxygen atoms in total. The van der Waals surface area contributed by atoms with Crippen molar-refractivity contribution < 1.29 is 19.0 Å². The second kappa shape index (κ2) is 8.11. The molecular weight excluding hydrogens is 318 g/mol. The number of rotatable bonds is 5. The summed E-state index contributed by atoms with van der Waals surface area (Å²) < 4.78 is 16.6. The quantitative estimate of drug-likeness (QED) is 0.827. The van der Waals surface area contributed by atoms with Crippen LogP contribution in [0.25, 0.3) is 0 Å². The lowest BCUT2D eigenvalue weighted by molar-refractivity contribution is -0.141. The number of nitrogens with zero attached hydrogens (tertiary/aromatic N) is 1. The molecule has 0 bridgehead atoms. The van der Waals surface area contributed by atoms with Crippen molar-refractivity contribution in [3.8, 4) is 0 Å². The van der Waals surface area contributed by atoms with Crippen LogP contribution in [0.2, 0.25) is 5.02 Å². The van der Waals surface area contributed by atoms with Gasteiger partial charge in [0.2, 0.25) is 5.91 Å². The summed E-state index contributed by atoms with van der Waals surface area (Å²) in [5.74, 6) is 0.425. The Hall–Kier alpha value is -1.14. The van der Waals surface area contributed by atoms with Crippen molar-refractivity contribution in [3.05, 3.63) is 34.9 Å². The third kappa shape index (κ3) is 4.44. The number of carbonyl (C=O) groups is 1. The van der Waals surface area contributed by atoms with Gasteiger partial charge in [0.15, 0.2) is 6.29 Å². The highest BCUT2D eigenvalue weighted by Crippen LogP contribution is 2.25. The predicted octanol–water partition coefficient (Wildman–Crippen LogP) is 2.47. The lowest BCUT2D eigenvalue weighted by Gasteiger charge is -2.33. The molecule has 0 spiro atoms. The van der Waals surface area contributed by atoms with Gasteiger partial charge in [0.25, 0.3) is 0 Å². The first-order valence-electron chi connectivity index (χ1n) is 8.06. The number of benzene rings is 1. The fourth-order valence-corrected chi connectivity index (χ4v) is 3.22. The molecule has 2 aliphatic heterocycles. The highest BCUT2D eigenvalue weighted by molar-refractivity contribution is 6.31. The van der Waals surface area contributed by atoms with E-state index < -0.39 is 0 Å². The first-order chi connectivity index (χ1) is 11.2. The van der Waals surface area contributed by atoms with Crippen molar-refractivity contribution in [2.45, 2.75) is 25.7 Å². The fourth-order valence-electron chi connectivity index (χ4n) is 3.02. The van der Waals surface area contributed by atoms with E-state index in [1.54, 1.807) is 0 Å². The summed E-state index contributed by atoms with van der Waals surface area (Å²) in [6.45, 7) is 3.28. The van der Waals surface area contributed by atoms with Crippen LogP contribution in [0.4, 0.5) is 0 Å². The Morgan fingerprint density at radius 2 is 1.91 bits per heavy atom. The summed E-state index contributed by atoms with van der Waals surface area (Å²) in [5, 5.41) is 0.664. The van der Waals surface area contributed by atoms with E-state index in [-0.39, 0.29) is 18.8 Å². The monoisotopic (exact) mass is 339 g/mol. The first kappa shape index (κ1) is 16.7. The lowest BCUT2D eigenvalue weighted by atomic mass is 9.96. The SMILES string of the molecule is O=C(COCc1ccccc1Cl)N1CCC(C2OCCO2)CC1. The molecule has 0 atom stereocenters. The van der Waals surface area contributed by atoms with Crippen LogP contribution in [-0.4, -0.2) is 50.0 Å². The number of halogens is 1. The van der Waals surface area contributed by atoms with Gasteiger partial charge in [0, 0.05) is 24.0 Å². The van der Waals surface area contributed by atoms with Gasteiger partial charge >= 0.3 is 0 Å². The average molecular weight is 340 g/mol. The topological polar surface area (TPSA) is 48.0 Å². The fraction of sp³-hybridized carbons (Fsp3) is 0.588. The first-order valence-corrected chi connectivity index (χ1v) is 8.44. The maximum atomic E-state index is 12.2. The Bertz CT molecular complexity index is 525. The normalized spacial score (nSPS) is 20.1. The molecule has 0 unspecified atom stereocenters. The molecule has 1 aromatic rings. The van der Waals surface area contributed by atoms with Gasteiger partial charge < -0.3 is 19.1 Å². The Kier molecular flexibility index (Phi) is 5.89. The van der Waals surface area contributed by atoms with E-state index in [9.17, 15) is 4.79 Å². The molecule has 2 saturated heterocycles. The lowest BCUT2D eigenvalue weighted by Crippen LogP contribution is -2.42. The minimum absolute atomic E-state index is 0.0313. The van der Waals surface area contributed by atoms with Crippen LogP contribution in [0, 0.1) is 5.92 Å². The van der Waals surface area contributed by atoms with Gasteiger partial charge in [-0.25, -0.2) is 0 Å². The van der Waals surface area contributed by atoms with E-state index in [1.807, 2.05) is 29.2 Å². The van der Waals surface area contributed by atoms with E-state index in [2.05, 4.69) is 0 Å². The van der Waals surface area contributed by atoms with Crippen LogP contribution in [0.1, 0.15) is 18.4 Å². The van der Waals surface area contributed by atoms with E-state index in [1.165, 1.54) is 0 Å². The molecule has 0 N–H and O–H groups in total. The van der Waals surface area contributed by atoms with Crippen LogP contribution in [0.5, 0.6) is 0 Å². The molecular formula is C17H22ClNO4. The Morgan fingerprint density at radius 3 is 2.61 bits per heavy atom. The van der Waals surface area contributed by atoms with Crippen LogP contribution in [0.15, 0.2) is 24.3 Å². The largest absolute Gasteiger partial charge is 0.367 e. The van der Waals surface area contributed by atoms with Crippen LogP contribution in [0.3, 0.4) is 0 Å². The smallest absolute Gasteiger partial charge is 0.248 e. The number of piperidine rings is 1. The maximum Gasteiger partial charge on any atom is 0.248 e. The number of carbonyl (C=O) groups excluding carboxylic acids is 1. The third-order valence-electron chi connectivity index (χ3n) is 4.37. The summed E-state index contributed by atoms with van der Waals surface area (Å²) >= 11 is 6.07. The van der Waals surface area contributed by atoms with Crippen molar-refractivity contribution in [1.82, 2.24) is 4.90 Å². The van der Waals surface area contributed by atoms with Gasteiger partial charge in [0.05, 0.1) is 19.8 Å². The van der Waals surface area contributed by atoms with Crippen LogP contribution < -0.4 is 0 Å². The van der Waals surface area contributed by atoms with E-state index in [4.69, 9.17) is 25.8 Å². The summed E-state index contributed by atoms with van der Waals surface area (Å²) in [5.41, 5.74) is 0.899. The van der Waals surface area contributed by atoms with Crippen LogP contribution >= 0.6 is 11.6 Å². The molecule has 126 valence electrons. The van der Waals surface area contributed by atoms with Gasteiger partial charge in [0.1, 0.15) is 6.61 Å². The van der Waals surface area contributed by atoms with Crippen molar-refractivity contribution in [2.75, 3.05) is 32.9 Å². The van der Waals surface area contributed by atoms with Gasteiger partial charge in [-0.1, -0.05) is 29.8 Å². The highest BCUT2D eigenvalue weighted by atomic mass is 35.5. The minimum atomic E-state index is -0.0799. The third-order valence-corrected chi connectivity index (χ3v) is 4.73. The molecule has 1 aromatic carbocycles. The number of hydrogen-bond acceptors (Lipinski definition) is 4. The molecule has 0 radical (unpaired) electrons. The molecule has 0 aromatic heterocycles. The average Bonchev–Trinajstić information content (AvgIpc) is 3.11. The summed E-state index contributed by atoms with van der Waals surface area (Å²) in [6.07, 6.45) is 1.76. The van der Waals surface area contributed by atoms with Crippen molar-refractivity contribution in [1.29, 1.82) is 0 Å². The highest BCUT2D eigenvalue weighted by Gasteiger charge is 2.31. The van der Waals surface area contributed by atoms with Crippen LogP contribution in [-0.2, 0) is 25.6 Å².